The molecule has 11 heteroatoms. The molecule has 4 aromatic heterocycles. The Morgan fingerprint density at radius 2 is 2.10 bits per heavy atom. The molecule has 4 heterocycles. The first-order chi connectivity index (χ1) is 10.1. The van der Waals surface area contributed by atoms with E-state index in [0.717, 1.165) is 0 Å². The zero-order valence-electron chi connectivity index (χ0n) is 10.4. The minimum absolute atomic E-state index is 0.0428. The second kappa shape index (κ2) is 5.13. The smallest absolute Gasteiger partial charge is 0.225 e. The number of aromatic hydroxyl groups is 1. The highest BCUT2D eigenvalue weighted by Crippen LogP contribution is 2.15. The van der Waals surface area contributed by atoms with E-state index in [1.165, 1.54) is 18.9 Å². The summed E-state index contributed by atoms with van der Waals surface area (Å²) in [5.74, 6) is 0.244. The number of nitrogens with one attached hydrogen (secondary N) is 3. The monoisotopic (exact) mass is 303 g/mol. The number of nitrogens with two attached hydrogens (primary N) is 1. The van der Waals surface area contributed by atoms with Crippen molar-refractivity contribution in [3.63, 3.8) is 0 Å². The molecule has 0 unspecified atom stereocenters. The number of anilines is 1. The van der Waals surface area contributed by atoms with Crippen molar-refractivity contribution >= 4 is 40.4 Å². The summed E-state index contributed by atoms with van der Waals surface area (Å²) in [4.78, 5) is 20.8. The third-order valence-corrected chi connectivity index (χ3v) is 2.85. The van der Waals surface area contributed by atoms with E-state index in [-0.39, 0.29) is 11.8 Å². The van der Waals surface area contributed by atoms with Gasteiger partial charge in [-0.05, 0) is 0 Å². The van der Waals surface area contributed by atoms with E-state index < -0.39 is 0 Å². The van der Waals surface area contributed by atoms with E-state index in [1.54, 1.807) is 0 Å². The van der Waals surface area contributed by atoms with E-state index >= 15 is 0 Å². The normalized spacial score (nSPS) is 10.5. The Hall–Kier alpha value is -3.08. The summed E-state index contributed by atoms with van der Waals surface area (Å²) in [5, 5.41) is 15.9. The fourth-order valence-electron chi connectivity index (χ4n) is 1.61. The van der Waals surface area contributed by atoms with Gasteiger partial charge in [0.25, 0.3) is 0 Å². The maximum Gasteiger partial charge on any atom is 0.225 e. The fourth-order valence-corrected chi connectivity index (χ4v) is 1.87. The van der Waals surface area contributed by atoms with Gasteiger partial charge in [-0.15, -0.1) is 0 Å². The predicted molar refractivity (Wildman–Crippen MR) is 76.8 cm³/mol. The van der Waals surface area contributed by atoms with Gasteiger partial charge in [-0.3, -0.25) is 5.10 Å². The van der Waals surface area contributed by atoms with Gasteiger partial charge < -0.3 is 20.8 Å². The van der Waals surface area contributed by atoms with Gasteiger partial charge in [-0.2, -0.15) is 10.1 Å². The fraction of sp³-hybridized carbons (Fsp3) is 0. The highest BCUT2D eigenvalue weighted by Gasteiger charge is 2.01. The summed E-state index contributed by atoms with van der Waals surface area (Å²) < 4.78 is 0.532. The molecule has 0 aliphatic carbocycles. The van der Waals surface area contributed by atoms with Crippen LogP contribution in [0.4, 0.5) is 5.95 Å². The molecule has 0 amide bonds. The summed E-state index contributed by atoms with van der Waals surface area (Å²) in [5.41, 5.74) is 7.21. The number of aromatic nitrogens is 8. The molecule has 0 atom stereocenters. The molecular formula is C10H9N9OS. The zero-order chi connectivity index (χ0) is 14.8. The van der Waals surface area contributed by atoms with Crippen LogP contribution in [0.3, 0.4) is 0 Å². The van der Waals surface area contributed by atoms with E-state index in [2.05, 4.69) is 40.1 Å². The Balaban J connectivity index is 0.000000126. The molecule has 21 heavy (non-hydrogen) atoms. The summed E-state index contributed by atoms with van der Waals surface area (Å²) >= 11 is 4.95. The Morgan fingerprint density at radius 3 is 2.90 bits per heavy atom. The third kappa shape index (κ3) is 2.49. The van der Waals surface area contributed by atoms with Crippen LogP contribution in [0.25, 0.3) is 22.2 Å². The Morgan fingerprint density at radius 1 is 1.24 bits per heavy atom. The largest absolute Gasteiger partial charge is 0.493 e. The van der Waals surface area contributed by atoms with Crippen LogP contribution in [-0.4, -0.2) is 45.2 Å². The lowest BCUT2D eigenvalue weighted by Gasteiger charge is -1.91. The van der Waals surface area contributed by atoms with Crippen LogP contribution in [0.5, 0.6) is 5.88 Å². The quantitative estimate of drug-likeness (QED) is 0.296. The number of nitrogens with zero attached hydrogens (tertiary/aromatic N) is 5. The standard InChI is InChI=1S/C5H5N5S.C5H4N4O/c6-5-9-3-2(4(11)10-5)7-1-8-3;10-5-3-1-8-9-4(3)6-2-7-5/h1H,(H4,6,7,8,9,10,11);1-2H,(H2,6,7,8,9,10). The molecule has 4 rings (SSSR count). The molecule has 0 fully saturated rings. The molecule has 0 spiro atoms. The molecular weight excluding hydrogens is 294 g/mol. The predicted octanol–water partition coefficient (Wildman–Crippen LogP) is 0.656. The topological polar surface area (TPSA) is 158 Å². The molecule has 0 saturated heterocycles. The molecule has 0 radical (unpaired) electrons. The first-order valence-corrected chi connectivity index (χ1v) is 6.08. The number of fused-ring (bicyclic) bond motifs is 2. The van der Waals surface area contributed by atoms with Crippen LogP contribution in [0.1, 0.15) is 0 Å². The molecule has 0 bridgehead atoms. The molecule has 10 nitrogen and oxygen atoms in total. The lowest BCUT2D eigenvalue weighted by atomic mass is 10.4. The van der Waals surface area contributed by atoms with Crippen molar-refractivity contribution in [2.45, 2.75) is 0 Å². The van der Waals surface area contributed by atoms with Crippen LogP contribution in [0.2, 0.25) is 0 Å². The summed E-state index contributed by atoms with van der Waals surface area (Å²) in [6.45, 7) is 0. The van der Waals surface area contributed by atoms with Crippen molar-refractivity contribution in [3.8, 4) is 5.88 Å². The van der Waals surface area contributed by atoms with Gasteiger partial charge in [-0.1, -0.05) is 12.2 Å². The second-order valence-corrected chi connectivity index (χ2v) is 4.29. The molecule has 0 aromatic carbocycles. The van der Waals surface area contributed by atoms with Crippen molar-refractivity contribution in [1.29, 1.82) is 0 Å². The number of H-pyrrole nitrogens is 3. The highest BCUT2D eigenvalue weighted by molar-refractivity contribution is 7.71. The second-order valence-electron chi connectivity index (χ2n) is 3.88. The molecule has 6 N–H and O–H groups in total. The van der Waals surface area contributed by atoms with Gasteiger partial charge in [0.15, 0.2) is 11.3 Å². The highest BCUT2D eigenvalue weighted by atomic mass is 32.1. The first kappa shape index (κ1) is 12.9. The van der Waals surface area contributed by atoms with Crippen LogP contribution < -0.4 is 5.73 Å². The molecule has 106 valence electrons. The average Bonchev–Trinajstić information content (AvgIpc) is 3.08. The van der Waals surface area contributed by atoms with Crippen molar-refractivity contribution < 1.29 is 5.11 Å². The van der Waals surface area contributed by atoms with Crippen LogP contribution in [0, 0.1) is 4.64 Å². The number of hydrogen-bond acceptors (Lipinski definition) is 8. The number of nitrogen functional groups attached to an aromatic ring is 1. The lowest BCUT2D eigenvalue weighted by Crippen LogP contribution is -1.94. The third-order valence-electron chi connectivity index (χ3n) is 2.54. The maximum atomic E-state index is 9.05. The van der Waals surface area contributed by atoms with E-state index in [1.807, 2.05) is 0 Å². The molecule has 0 aliphatic heterocycles. The minimum atomic E-state index is -0.0428. The number of rotatable bonds is 0. The van der Waals surface area contributed by atoms with Crippen molar-refractivity contribution in [3.05, 3.63) is 23.5 Å². The Labute approximate surface area is 121 Å². The molecule has 0 aliphatic rings. The zero-order valence-corrected chi connectivity index (χ0v) is 11.2. The number of imidazole rings is 1. The Bertz CT molecular complexity index is 956. The maximum absolute atomic E-state index is 9.05. The Kier molecular flexibility index (Phi) is 3.16. The summed E-state index contributed by atoms with van der Waals surface area (Å²) in [6.07, 6.45) is 4.28. The minimum Gasteiger partial charge on any atom is -0.493 e. The van der Waals surface area contributed by atoms with Crippen LogP contribution in [-0.2, 0) is 0 Å². The van der Waals surface area contributed by atoms with Gasteiger partial charge in [0, 0.05) is 0 Å². The van der Waals surface area contributed by atoms with E-state index in [9.17, 15) is 0 Å². The average molecular weight is 303 g/mol. The van der Waals surface area contributed by atoms with Gasteiger partial charge in [-0.25, -0.2) is 15.0 Å². The SMILES string of the molecule is Nc1nc2nc[nH]c2c(=S)[nH]1.Oc1ncnc2[nH]ncc12. The first-order valence-electron chi connectivity index (χ1n) is 5.67. The summed E-state index contributed by atoms with van der Waals surface area (Å²) in [7, 11) is 0. The number of hydrogen-bond donors (Lipinski definition) is 5. The number of aromatic amines is 3. The van der Waals surface area contributed by atoms with Crippen LogP contribution >= 0.6 is 12.2 Å². The molecule has 4 aromatic rings. The van der Waals surface area contributed by atoms with Gasteiger partial charge >= 0.3 is 0 Å². The van der Waals surface area contributed by atoms with Crippen molar-refractivity contribution in [1.82, 2.24) is 40.1 Å². The van der Waals surface area contributed by atoms with Gasteiger partial charge in [0.1, 0.15) is 21.9 Å². The lowest BCUT2D eigenvalue weighted by molar-refractivity contribution is 0.459. The van der Waals surface area contributed by atoms with E-state index in [4.69, 9.17) is 23.1 Å². The van der Waals surface area contributed by atoms with Gasteiger partial charge in [0.2, 0.25) is 11.8 Å². The van der Waals surface area contributed by atoms with Gasteiger partial charge in [0.05, 0.1) is 12.5 Å². The van der Waals surface area contributed by atoms with E-state index in [0.29, 0.717) is 26.8 Å². The van der Waals surface area contributed by atoms with Crippen molar-refractivity contribution in [2.75, 3.05) is 5.73 Å². The van der Waals surface area contributed by atoms with Crippen molar-refractivity contribution in [2.24, 2.45) is 0 Å². The molecule has 0 saturated carbocycles. The van der Waals surface area contributed by atoms with Crippen LogP contribution in [0.15, 0.2) is 18.9 Å². The summed E-state index contributed by atoms with van der Waals surface area (Å²) in [6, 6.07) is 0.